The maximum Gasteiger partial charge on any atom is 0.256 e. The molecular weight excluding hydrogens is 422 g/mol. The molecule has 2 heterocycles. The van der Waals surface area contributed by atoms with Gasteiger partial charge in [-0.15, -0.1) is 6.42 Å². The van der Waals surface area contributed by atoms with Crippen molar-refractivity contribution in [3.8, 4) is 23.8 Å². The average molecular weight is 442 g/mol. The number of anilines is 1. The van der Waals surface area contributed by atoms with Gasteiger partial charge in [0.05, 0.1) is 18.1 Å². The van der Waals surface area contributed by atoms with E-state index in [1.807, 2.05) is 0 Å². The molecule has 0 aliphatic carbocycles. The maximum atomic E-state index is 13.2. The molecule has 8 nitrogen and oxygen atoms in total. The Morgan fingerprint density at radius 3 is 2.84 bits per heavy atom. The molecule has 0 bridgehead atoms. The van der Waals surface area contributed by atoms with Crippen molar-refractivity contribution in [2.45, 2.75) is 17.5 Å². The number of halogens is 1. The molecule has 3 atom stereocenters. The van der Waals surface area contributed by atoms with E-state index in [2.05, 4.69) is 11.2 Å². The number of ether oxygens (including phenoxy) is 2. The van der Waals surface area contributed by atoms with E-state index in [0.717, 1.165) is 0 Å². The number of likely N-dealkylation sites (tertiary alicyclic amines) is 1. The quantitative estimate of drug-likeness (QED) is 0.435. The zero-order valence-electron chi connectivity index (χ0n) is 16.9. The molecule has 31 heavy (non-hydrogen) atoms. The molecule has 1 fully saturated rings. The molecular formula is C22H20ClN3O5. The second kappa shape index (κ2) is 7.76. The lowest BCUT2D eigenvalue weighted by atomic mass is 9.79. The third-order valence-electron chi connectivity index (χ3n) is 6.02. The van der Waals surface area contributed by atoms with E-state index in [4.69, 9.17) is 27.5 Å². The van der Waals surface area contributed by atoms with Crippen LogP contribution >= 0.6 is 11.6 Å². The van der Waals surface area contributed by atoms with Crippen molar-refractivity contribution in [1.82, 2.24) is 4.90 Å². The lowest BCUT2D eigenvalue weighted by Crippen LogP contribution is -2.54. The summed E-state index contributed by atoms with van der Waals surface area (Å²) in [5.74, 6) is 1.92. The number of hydrogen-bond acceptors (Lipinski definition) is 6. The summed E-state index contributed by atoms with van der Waals surface area (Å²) < 4.78 is 10.9. The largest absolute Gasteiger partial charge is 0.493 e. The summed E-state index contributed by atoms with van der Waals surface area (Å²) in [4.78, 5) is 26.9. The summed E-state index contributed by atoms with van der Waals surface area (Å²) >= 11 is 6.42. The average Bonchev–Trinajstić information content (AvgIpc) is 3.22. The molecule has 4 rings (SSSR count). The fraction of sp³-hybridized carbons (Fsp3) is 0.318. The highest BCUT2D eigenvalue weighted by Gasteiger charge is 2.68. The molecule has 2 aromatic rings. The number of terminal acetylenes is 1. The Labute approximate surface area is 184 Å². The Morgan fingerprint density at radius 2 is 2.16 bits per heavy atom. The summed E-state index contributed by atoms with van der Waals surface area (Å²) in [6.45, 7) is 0.274. The highest BCUT2D eigenvalue weighted by molar-refractivity contribution is 6.32. The third kappa shape index (κ3) is 3.00. The summed E-state index contributed by atoms with van der Waals surface area (Å²) in [5, 5.41) is 15.4. The highest BCUT2D eigenvalue weighted by atomic mass is 35.5. The van der Waals surface area contributed by atoms with Gasteiger partial charge in [-0.3, -0.25) is 19.8 Å². The van der Waals surface area contributed by atoms with Crippen molar-refractivity contribution in [2.24, 2.45) is 0 Å². The van der Waals surface area contributed by atoms with E-state index in [9.17, 15) is 14.9 Å². The monoisotopic (exact) mass is 441 g/mol. The van der Waals surface area contributed by atoms with Gasteiger partial charge >= 0.3 is 0 Å². The van der Waals surface area contributed by atoms with Crippen LogP contribution in [0, 0.1) is 22.5 Å². The lowest BCUT2D eigenvalue weighted by Gasteiger charge is -2.30. The van der Waals surface area contributed by atoms with Crippen LogP contribution in [0.25, 0.3) is 0 Å². The number of hydrogen-bond donors (Lipinski definition) is 1. The molecule has 1 N–H and O–H groups in total. The van der Waals surface area contributed by atoms with Crippen LogP contribution in [0.1, 0.15) is 17.0 Å². The summed E-state index contributed by atoms with van der Waals surface area (Å²) in [7, 11) is 3.17. The number of nitro groups is 1. The maximum absolute atomic E-state index is 13.2. The molecule has 9 heteroatoms. The van der Waals surface area contributed by atoms with E-state index in [1.54, 1.807) is 48.3 Å². The van der Waals surface area contributed by atoms with Crippen LogP contribution in [0.5, 0.6) is 11.5 Å². The van der Waals surface area contributed by atoms with Crippen LogP contribution in [0.4, 0.5) is 5.69 Å². The predicted molar refractivity (Wildman–Crippen MR) is 115 cm³/mol. The lowest BCUT2D eigenvalue weighted by molar-refractivity contribution is -0.534. The molecule has 2 aliphatic rings. The number of carbonyl (C=O) groups excluding carboxylic acids is 1. The molecule has 1 saturated heterocycles. The normalized spacial score (nSPS) is 24.5. The van der Waals surface area contributed by atoms with Gasteiger partial charge in [0.25, 0.3) is 11.9 Å². The first-order valence-electron chi connectivity index (χ1n) is 9.55. The van der Waals surface area contributed by atoms with E-state index < -0.39 is 23.4 Å². The second-order valence-corrected chi connectivity index (χ2v) is 7.92. The summed E-state index contributed by atoms with van der Waals surface area (Å²) in [5.41, 5.74) is 0.333. The van der Waals surface area contributed by atoms with Crippen LogP contribution in [0.2, 0.25) is 5.02 Å². The van der Waals surface area contributed by atoms with E-state index in [0.29, 0.717) is 22.6 Å². The molecule has 1 amide bonds. The molecule has 2 aromatic carbocycles. The third-order valence-corrected chi connectivity index (χ3v) is 6.30. The number of amides is 1. The van der Waals surface area contributed by atoms with E-state index >= 15 is 0 Å². The number of para-hydroxylation sites is 1. The van der Waals surface area contributed by atoms with Crippen molar-refractivity contribution < 1.29 is 19.2 Å². The van der Waals surface area contributed by atoms with Gasteiger partial charge < -0.3 is 14.8 Å². The Morgan fingerprint density at radius 1 is 1.42 bits per heavy atom. The van der Waals surface area contributed by atoms with E-state index in [-0.39, 0.29) is 28.8 Å². The van der Waals surface area contributed by atoms with Gasteiger partial charge in [-0.1, -0.05) is 35.7 Å². The van der Waals surface area contributed by atoms with Gasteiger partial charge in [0, 0.05) is 22.7 Å². The number of nitrogens with zero attached hydrogens (tertiary/aromatic N) is 2. The number of fused-ring (bicyclic) bond motifs is 2. The zero-order valence-corrected chi connectivity index (χ0v) is 17.7. The SMILES string of the molecule is C#CCOc1c(Cl)cc([C@@H]2CN(C)[C@@]3(C(=O)Nc4ccccc43)[C@H]2[N+](=O)[O-])cc1OC. The molecule has 0 unspecified atom stereocenters. The number of benzene rings is 2. The standard InChI is InChI=1S/C22H20ClN3O5/c1-4-9-31-19-16(23)10-13(11-18(19)30-3)14-12-25(2)22(20(14)26(28)29)15-7-5-6-8-17(15)24-21(22)27/h1,5-8,10-11,14,20H,9,12H2,2-3H3,(H,24,27)/t14-,20-,22+/m0/s1. The number of carbonyl (C=O) groups is 1. The van der Waals surface area contributed by atoms with Gasteiger partial charge in [-0.25, -0.2) is 0 Å². The first kappa shape index (κ1) is 21.0. The topological polar surface area (TPSA) is 93.9 Å². The minimum absolute atomic E-state index is 0.000811. The Balaban J connectivity index is 1.85. The zero-order chi connectivity index (χ0) is 22.3. The van der Waals surface area contributed by atoms with E-state index in [1.165, 1.54) is 7.11 Å². The number of rotatable bonds is 5. The van der Waals surface area contributed by atoms with Crippen molar-refractivity contribution in [1.29, 1.82) is 0 Å². The van der Waals surface area contributed by atoms with Gasteiger partial charge in [0.15, 0.2) is 17.0 Å². The van der Waals surface area contributed by atoms with Gasteiger partial charge in [-0.2, -0.15) is 0 Å². The van der Waals surface area contributed by atoms with Crippen LogP contribution < -0.4 is 14.8 Å². The summed E-state index contributed by atoms with van der Waals surface area (Å²) in [6.07, 6.45) is 5.26. The fourth-order valence-corrected chi connectivity index (χ4v) is 5.06. The van der Waals surface area contributed by atoms with Crippen LogP contribution in [-0.4, -0.2) is 49.1 Å². The molecule has 1 spiro atoms. The van der Waals surface area contributed by atoms with Crippen LogP contribution in [0.3, 0.4) is 0 Å². The van der Waals surface area contributed by atoms with Crippen LogP contribution in [0.15, 0.2) is 36.4 Å². The van der Waals surface area contributed by atoms with Crippen molar-refractivity contribution >= 4 is 23.2 Å². The fourth-order valence-electron chi connectivity index (χ4n) is 4.79. The van der Waals surface area contributed by atoms with Crippen molar-refractivity contribution in [3.63, 3.8) is 0 Å². The Bertz CT molecular complexity index is 1110. The second-order valence-electron chi connectivity index (χ2n) is 7.51. The molecule has 160 valence electrons. The first-order chi connectivity index (χ1) is 14.9. The van der Waals surface area contributed by atoms with Gasteiger partial charge in [0.1, 0.15) is 6.61 Å². The molecule has 0 aromatic heterocycles. The Kier molecular flexibility index (Phi) is 5.25. The minimum Gasteiger partial charge on any atom is -0.493 e. The van der Waals surface area contributed by atoms with Crippen LogP contribution in [-0.2, 0) is 10.3 Å². The Hall–Kier alpha value is -3.28. The van der Waals surface area contributed by atoms with Crippen molar-refractivity contribution in [2.75, 3.05) is 32.6 Å². The molecule has 0 saturated carbocycles. The van der Waals surface area contributed by atoms with Gasteiger partial charge in [-0.05, 0) is 30.8 Å². The smallest absolute Gasteiger partial charge is 0.256 e. The summed E-state index contributed by atoms with van der Waals surface area (Å²) in [6, 6.07) is 9.10. The highest BCUT2D eigenvalue weighted by Crippen LogP contribution is 2.53. The number of methoxy groups -OCH3 is 1. The van der Waals surface area contributed by atoms with Crippen molar-refractivity contribution in [3.05, 3.63) is 62.7 Å². The minimum atomic E-state index is -1.43. The first-order valence-corrected chi connectivity index (χ1v) is 9.93. The number of nitrogens with one attached hydrogen (secondary N) is 1. The number of likely N-dealkylation sites (N-methyl/N-ethyl adjacent to an activating group) is 1. The molecule has 2 aliphatic heterocycles. The van der Waals surface area contributed by atoms with Gasteiger partial charge in [0.2, 0.25) is 0 Å². The predicted octanol–water partition coefficient (Wildman–Crippen LogP) is 2.88. The molecule has 0 radical (unpaired) electrons.